The predicted molar refractivity (Wildman–Crippen MR) is 73.1 cm³/mol. The highest BCUT2D eigenvalue weighted by Gasteiger charge is 2.15. The number of hydrogen-bond acceptors (Lipinski definition) is 4. The number of rotatable bonds is 2. The topological polar surface area (TPSA) is 48.7 Å². The van der Waals surface area contributed by atoms with Crippen LogP contribution in [-0.2, 0) is 0 Å². The first-order chi connectivity index (χ1) is 9.26. The van der Waals surface area contributed by atoms with Crippen molar-refractivity contribution in [2.45, 2.75) is 0 Å². The highest BCUT2D eigenvalue weighted by molar-refractivity contribution is 5.94. The number of ether oxygens (including phenoxy) is 2. The molecule has 0 bridgehead atoms. The molecule has 0 amide bonds. The molecule has 1 heterocycles. The van der Waals surface area contributed by atoms with E-state index in [4.69, 9.17) is 13.9 Å². The van der Waals surface area contributed by atoms with Crippen LogP contribution in [0, 0.1) is 0 Å². The van der Waals surface area contributed by atoms with Crippen LogP contribution in [0.4, 0.5) is 0 Å². The summed E-state index contributed by atoms with van der Waals surface area (Å²) in [5.74, 6) is 0.914. The van der Waals surface area contributed by atoms with Gasteiger partial charge in [-0.15, -0.1) is 0 Å². The van der Waals surface area contributed by atoms with E-state index in [9.17, 15) is 4.79 Å². The number of para-hydroxylation sites is 1. The van der Waals surface area contributed by atoms with Crippen LogP contribution in [0.3, 0.4) is 0 Å². The third kappa shape index (κ3) is 1.64. The second-order valence-electron chi connectivity index (χ2n) is 4.10. The van der Waals surface area contributed by atoms with E-state index in [1.807, 2.05) is 6.07 Å². The molecule has 0 unspecified atom stereocenters. The van der Waals surface area contributed by atoms with Crippen molar-refractivity contribution in [2.75, 3.05) is 14.2 Å². The highest BCUT2D eigenvalue weighted by atomic mass is 16.5. The van der Waals surface area contributed by atoms with Crippen LogP contribution in [-0.4, -0.2) is 14.2 Å². The molecule has 0 aliphatic carbocycles. The standard InChI is InChI=1S/C15H12O4/c1-17-12-8-7-11-13(15(12)18-2)14(16)9-5-3-4-6-10(9)19-11/h3-8H,1-2H3. The summed E-state index contributed by atoms with van der Waals surface area (Å²) in [5.41, 5.74) is 0.932. The normalized spacial score (nSPS) is 10.8. The van der Waals surface area contributed by atoms with Crippen LogP contribution in [0.25, 0.3) is 21.9 Å². The molecule has 3 rings (SSSR count). The fourth-order valence-corrected chi connectivity index (χ4v) is 2.21. The Morgan fingerprint density at radius 1 is 0.947 bits per heavy atom. The number of benzene rings is 2. The number of fused-ring (bicyclic) bond motifs is 2. The maximum atomic E-state index is 12.5. The van der Waals surface area contributed by atoms with Crippen LogP contribution in [0.5, 0.6) is 11.5 Å². The van der Waals surface area contributed by atoms with Gasteiger partial charge in [-0.1, -0.05) is 12.1 Å². The molecule has 2 aromatic carbocycles. The lowest BCUT2D eigenvalue weighted by molar-refractivity contribution is 0.358. The van der Waals surface area contributed by atoms with Gasteiger partial charge in [0.25, 0.3) is 0 Å². The van der Waals surface area contributed by atoms with Crippen molar-refractivity contribution in [1.82, 2.24) is 0 Å². The molecular weight excluding hydrogens is 244 g/mol. The van der Waals surface area contributed by atoms with Gasteiger partial charge in [-0.3, -0.25) is 4.79 Å². The summed E-state index contributed by atoms with van der Waals surface area (Å²) < 4.78 is 16.2. The lowest BCUT2D eigenvalue weighted by atomic mass is 10.1. The zero-order valence-electron chi connectivity index (χ0n) is 10.6. The Bertz CT molecular complexity index is 817. The first-order valence-electron chi connectivity index (χ1n) is 5.83. The summed E-state index contributed by atoms with van der Waals surface area (Å²) in [6, 6.07) is 10.6. The summed E-state index contributed by atoms with van der Waals surface area (Å²) in [4.78, 5) is 12.5. The fourth-order valence-electron chi connectivity index (χ4n) is 2.21. The summed E-state index contributed by atoms with van der Waals surface area (Å²) in [5, 5.41) is 0.933. The second kappa shape index (κ2) is 4.31. The Balaban J connectivity index is 2.56. The van der Waals surface area contributed by atoms with Crippen molar-refractivity contribution in [3.05, 3.63) is 46.6 Å². The Labute approximate surface area is 109 Å². The summed E-state index contributed by atoms with van der Waals surface area (Å²) >= 11 is 0. The maximum absolute atomic E-state index is 12.5. The van der Waals surface area contributed by atoms with Gasteiger partial charge >= 0.3 is 0 Å². The highest BCUT2D eigenvalue weighted by Crippen LogP contribution is 2.34. The number of hydrogen-bond donors (Lipinski definition) is 0. The lowest BCUT2D eigenvalue weighted by Crippen LogP contribution is -2.05. The average Bonchev–Trinajstić information content (AvgIpc) is 2.46. The van der Waals surface area contributed by atoms with Gasteiger partial charge in [-0.05, 0) is 24.3 Å². The van der Waals surface area contributed by atoms with Crippen LogP contribution in [0.1, 0.15) is 0 Å². The molecule has 0 spiro atoms. The van der Waals surface area contributed by atoms with Crippen LogP contribution in [0.15, 0.2) is 45.6 Å². The zero-order chi connectivity index (χ0) is 13.4. The molecule has 0 N–H and O–H groups in total. The summed E-state index contributed by atoms with van der Waals surface area (Å²) in [7, 11) is 3.04. The van der Waals surface area contributed by atoms with E-state index in [1.54, 1.807) is 30.3 Å². The minimum atomic E-state index is -0.118. The maximum Gasteiger partial charge on any atom is 0.204 e. The largest absolute Gasteiger partial charge is 0.493 e. The molecule has 0 saturated heterocycles. The first-order valence-corrected chi connectivity index (χ1v) is 5.83. The van der Waals surface area contributed by atoms with E-state index in [0.29, 0.717) is 33.4 Å². The van der Waals surface area contributed by atoms with Gasteiger partial charge in [-0.2, -0.15) is 0 Å². The molecule has 0 atom stereocenters. The van der Waals surface area contributed by atoms with E-state index in [2.05, 4.69) is 0 Å². The average molecular weight is 256 g/mol. The minimum Gasteiger partial charge on any atom is -0.493 e. The smallest absolute Gasteiger partial charge is 0.204 e. The Morgan fingerprint density at radius 3 is 2.47 bits per heavy atom. The lowest BCUT2D eigenvalue weighted by Gasteiger charge is -2.10. The summed E-state index contributed by atoms with van der Waals surface area (Å²) in [6.45, 7) is 0. The molecule has 0 radical (unpaired) electrons. The van der Waals surface area contributed by atoms with Gasteiger partial charge < -0.3 is 13.9 Å². The molecule has 4 heteroatoms. The first kappa shape index (κ1) is 11.6. The van der Waals surface area contributed by atoms with Gasteiger partial charge in [0, 0.05) is 0 Å². The van der Waals surface area contributed by atoms with Gasteiger partial charge in [-0.25, -0.2) is 0 Å². The molecule has 1 aromatic heterocycles. The van der Waals surface area contributed by atoms with Crippen molar-refractivity contribution >= 4 is 21.9 Å². The van der Waals surface area contributed by atoms with E-state index >= 15 is 0 Å². The molecule has 3 aromatic rings. The fraction of sp³-hybridized carbons (Fsp3) is 0.133. The van der Waals surface area contributed by atoms with Gasteiger partial charge in [0.15, 0.2) is 11.5 Å². The molecule has 4 nitrogen and oxygen atoms in total. The van der Waals surface area contributed by atoms with E-state index in [1.165, 1.54) is 14.2 Å². The molecule has 19 heavy (non-hydrogen) atoms. The van der Waals surface area contributed by atoms with Crippen molar-refractivity contribution < 1.29 is 13.9 Å². The third-order valence-corrected chi connectivity index (χ3v) is 3.09. The SMILES string of the molecule is COc1ccc2oc3ccccc3c(=O)c2c1OC. The number of methoxy groups -OCH3 is 2. The molecule has 0 saturated carbocycles. The third-order valence-electron chi connectivity index (χ3n) is 3.09. The van der Waals surface area contributed by atoms with Gasteiger partial charge in [0.1, 0.15) is 16.6 Å². The van der Waals surface area contributed by atoms with Gasteiger partial charge in [0.05, 0.1) is 19.6 Å². The molecular formula is C15H12O4. The van der Waals surface area contributed by atoms with E-state index in [-0.39, 0.29) is 5.43 Å². The van der Waals surface area contributed by atoms with Crippen molar-refractivity contribution in [2.24, 2.45) is 0 Å². The monoisotopic (exact) mass is 256 g/mol. The zero-order valence-corrected chi connectivity index (χ0v) is 10.6. The molecule has 0 aliphatic heterocycles. The van der Waals surface area contributed by atoms with Crippen LogP contribution < -0.4 is 14.9 Å². The van der Waals surface area contributed by atoms with Crippen LogP contribution >= 0.6 is 0 Å². The van der Waals surface area contributed by atoms with Crippen molar-refractivity contribution in [1.29, 1.82) is 0 Å². The summed E-state index contributed by atoms with van der Waals surface area (Å²) in [6.07, 6.45) is 0. The molecule has 0 fully saturated rings. The van der Waals surface area contributed by atoms with Crippen molar-refractivity contribution in [3.63, 3.8) is 0 Å². The quantitative estimate of drug-likeness (QED) is 0.661. The second-order valence-corrected chi connectivity index (χ2v) is 4.10. The molecule has 0 aliphatic rings. The van der Waals surface area contributed by atoms with Crippen LogP contribution in [0.2, 0.25) is 0 Å². The predicted octanol–water partition coefficient (Wildman–Crippen LogP) is 2.96. The minimum absolute atomic E-state index is 0.118. The van der Waals surface area contributed by atoms with Gasteiger partial charge in [0.2, 0.25) is 5.43 Å². The Hall–Kier alpha value is -2.49. The van der Waals surface area contributed by atoms with E-state index in [0.717, 1.165) is 0 Å². The Kier molecular flexibility index (Phi) is 2.63. The van der Waals surface area contributed by atoms with E-state index < -0.39 is 0 Å². The Morgan fingerprint density at radius 2 is 1.74 bits per heavy atom. The molecule has 96 valence electrons. The van der Waals surface area contributed by atoms with Crippen molar-refractivity contribution in [3.8, 4) is 11.5 Å².